The number of fused-ring (bicyclic) bond motifs is 1. The average molecular weight is 331 g/mol. The topological polar surface area (TPSA) is 107 Å². The van der Waals surface area contributed by atoms with Gasteiger partial charge in [0.1, 0.15) is 5.75 Å². The van der Waals surface area contributed by atoms with Gasteiger partial charge in [-0.2, -0.15) is 5.10 Å². The van der Waals surface area contributed by atoms with Crippen molar-refractivity contribution in [3.8, 4) is 5.75 Å². The number of phenols is 1. The van der Waals surface area contributed by atoms with E-state index >= 15 is 0 Å². The predicted octanol–water partition coefficient (Wildman–Crippen LogP) is 2.50. The van der Waals surface area contributed by atoms with Crippen LogP contribution in [0.25, 0.3) is 10.9 Å². The van der Waals surface area contributed by atoms with Crippen LogP contribution in [0, 0.1) is 0 Å². The van der Waals surface area contributed by atoms with E-state index in [1.165, 1.54) is 18.2 Å². The van der Waals surface area contributed by atoms with Crippen molar-refractivity contribution in [2.75, 3.05) is 10.6 Å². The Morgan fingerprint density at radius 1 is 1.09 bits per heavy atom. The molecular formula is C15H11ClN4O3. The maximum absolute atomic E-state index is 11.9. The Bertz CT molecular complexity index is 907. The Hall–Kier alpha value is -3.06. The maximum Gasteiger partial charge on any atom is 0.314 e. The van der Waals surface area contributed by atoms with E-state index < -0.39 is 11.8 Å². The molecule has 0 saturated carbocycles. The van der Waals surface area contributed by atoms with Crippen LogP contribution in [0.2, 0.25) is 5.02 Å². The maximum atomic E-state index is 11.9. The summed E-state index contributed by atoms with van der Waals surface area (Å²) in [6.07, 6.45) is 1.65. The lowest BCUT2D eigenvalue weighted by Gasteiger charge is -2.08. The van der Waals surface area contributed by atoms with Gasteiger partial charge in [0.05, 0.1) is 17.4 Å². The van der Waals surface area contributed by atoms with Gasteiger partial charge in [-0.3, -0.25) is 14.7 Å². The smallest absolute Gasteiger partial charge is 0.314 e. The molecule has 0 aliphatic carbocycles. The lowest BCUT2D eigenvalue weighted by molar-refractivity contribution is -0.133. The molecule has 7 nitrogen and oxygen atoms in total. The number of nitrogens with one attached hydrogen (secondary N) is 3. The summed E-state index contributed by atoms with van der Waals surface area (Å²) in [6, 6.07) is 9.20. The molecule has 0 saturated heterocycles. The Kier molecular flexibility index (Phi) is 3.86. The number of amides is 2. The second-order valence-corrected chi connectivity index (χ2v) is 5.18. The van der Waals surface area contributed by atoms with Crippen molar-refractivity contribution in [3.63, 3.8) is 0 Å². The highest BCUT2D eigenvalue weighted by atomic mass is 35.5. The second kappa shape index (κ2) is 5.98. The summed E-state index contributed by atoms with van der Waals surface area (Å²) in [7, 11) is 0. The van der Waals surface area contributed by atoms with Gasteiger partial charge < -0.3 is 15.7 Å². The van der Waals surface area contributed by atoms with E-state index in [0.717, 1.165) is 10.9 Å². The number of H-pyrrole nitrogens is 1. The number of aromatic hydroxyl groups is 1. The van der Waals surface area contributed by atoms with Gasteiger partial charge in [-0.1, -0.05) is 11.6 Å². The molecule has 0 radical (unpaired) electrons. The minimum Gasteiger partial charge on any atom is -0.506 e. The molecule has 1 heterocycles. The standard InChI is InChI=1S/C15H11ClN4O3/c16-9-2-4-13(21)12(5-9)19-15(23)14(22)18-10-3-1-8-7-17-20-11(8)6-10/h1-7,21H,(H,17,20)(H,18,22)(H,19,23). The number of carbonyl (C=O) groups is 2. The van der Waals surface area contributed by atoms with E-state index in [9.17, 15) is 14.7 Å². The molecule has 8 heteroatoms. The summed E-state index contributed by atoms with van der Waals surface area (Å²) >= 11 is 5.78. The first-order chi connectivity index (χ1) is 11.0. The molecule has 2 aromatic carbocycles. The summed E-state index contributed by atoms with van der Waals surface area (Å²) in [4.78, 5) is 23.8. The van der Waals surface area contributed by atoms with Crippen molar-refractivity contribution in [2.45, 2.75) is 0 Å². The van der Waals surface area contributed by atoms with Crippen molar-refractivity contribution < 1.29 is 14.7 Å². The van der Waals surface area contributed by atoms with Crippen molar-refractivity contribution in [3.05, 3.63) is 47.6 Å². The molecular weight excluding hydrogens is 320 g/mol. The first-order valence-electron chi connectivity index (χ1n) is 6.57. The third-order valence-electron chi connectivity index (χ3n) is 3.11. The highest BCUT2D eigenvalue weighted by Crippen LogP contribution is 2.26. The van der Waals surface area contributed by atoms with E-state index in [1.807, 2.05) is 0 Å². The van der Waals surface area contributed by atoms with Gasteiger partial charge in [0.2, 0.25) is 0 Å². The van der Waals surface area contributed by atoms with Crippen LogP contribution < -0.4 is 10.6 Å². The molecule has 0 fully saturated rings. The third kappa shape index (κ3) is 3.24. The molecule has 0 aliphatic rings. The van der Waals surface area contributed by atoms with Gasteiger partial charge in [-0.25, -0.2) is 0 Å². The lowest BCUT2D eigenvalue weighted by atomic mass is 10.2. The zero-order chi connectivity index (χ0) is 16.4. The van der Waals surface area contributed by atoms with Crippen molar-refractivity contribution in [1.82, 2.24) is 10.2 Å². The number of rotatable bonds is 2. The monoisotopic (exact) mass is 330 g/mol. The van der Waals surface area contributed by atoms with E-state index in [1.54, 1.807) is 24.4 Å². The molecule has 23 heavy (non-hydrogen) atoms. The zero-order valence-corrected chi connectivity index (χ0v) is 12.4. The number of hydrogen-bond donors (Lipinski definition) is 4. The van der Waals surface area contributed by atoms with Crippen molar-refractivity contribution in [1.29, 1.82) is 0 Å². The first kappa shape index (κ1) is 14.9. The van der Waals surface area contributed by atoms with E-state index in [0.29, 0.717) is 10.7 Å². The predicted molar refractivity (Wildman–Crippen MR) is 86.5 cm³/mol. The largest absolute Gasteiger partial charge is 0.506 e. The first-order valence-corrected chi connectivity index (χ1v) is 6.95. The minimum atomic E-state index is -0.924. The number of aromatic amines is 1. The Labute approximate surface area is 135 Å². The molecule has 0 spiro atoms. The molecule has 1 aromatic heterocycles. The highest BCUT2D eigenvalue weighted by molar-refractivity contribution is 6.44. The molecule has 2 amide bonds. The number of carbonyl (C=O) groups excluding carboxylic acids is 2. The van der Waals surface area contributed by atoms with Gasteiger partial charge >= 0.3 is 11.8 Å². The number of phenolic OH excluding ortho intramolecular Hbond substituents is 1. The number of halogens is 1. The van der Waals surface area contributed by atoms with Crippen LogP contribution >= 0.6 is 11.6 Å². The number of aromatic nitrogens is 2. The molecule has 4 N–H and O–H groups in total. The average Bonchev–Trinajstić information content (AvgIpc) is 2.98. The van der Waals surface area contributed by atoms with Crippen LogP contribution in [0.3, 0.4) is 0 Å². The Balaban J connectivity index is 1.72. The van der Waals surface area contributed by atoms with Gasteiger partial charge in [-0.05, 0) is 36.4 Å². The van der Waals surface area contributed by atoms with Gasteiger partial charge in [-0.15, -0.1) is 0 Å². The molecule has 3 aromatic rings. The van der Waals surface area contributed by atoms with Crippen molar-refractivity contribution >= 4 is 45.7 Å². The molecule has 0 atom stereocenters. The van der Waals surface area contributed by atoms with E-state index in [2.05, 4.69) is 20.8 Å². The van der Waals surface area contributed by atoms with E-state index in [4.69, 9.17) is 11.6 Å². The minimum absolute atomic E-state index is 0.0571. The molecule has 0 aliphatic heterocycles. The van der Waals surface area contributed by atoms with Gasteiger partial charge in [0.25, 0.3) is 0 Å². The second-order valence-electron chi connectivity index (χ2n) is 4.74. The number of hydrogen-bond acceptors (Lipinski definition) is 4. The molecule has 0 unspecified atom stereocenters. The summed E-state index contributed by atoms with van der Waals surface area (Å²) in [5.41, 5.74) is 1.23. The molecule has 0 bridgehead atoms. The van der Waals surface area contributed by atoms with E-state index in [-0.39, 0.29) is 11.4 Å². The number of anilines is 2. The summed E-state index contributed by atoms with van der Waals surface area (Å²) in [5.74, 6) is -1.98. The highest BCUT2D eigenvalue weighted by Gasteiger charge is 2.16. The summed E-state index contributed by atoms with van der Waals surface area (Å²) in [6.45, 7) is 0. The fourth-order valence-electron chi connectivity index (χ4n) is 1.99. The fourth-order valence-corrected chi connectivity index (χ4v) is 2.16. The molecule has 3 rings (SSSR count). The van der Waals surface area contributed by atoms with Crippen LogP contribution in [-0.2, 0) is 9.59 Å². The van der Waals surface area contributed by atoms with Gasteiger partial charge in [0, 0.05) is 16.1 Å². The van der Waals surface area contributed by atoms with Crippen LogP contribution in [0.4, 0.5) is 11.4 Å². The van der Waals surface area contributed by atoms with Crippen LogP contribution in [0.5, 0.6) is 5.75 Å². The van der Waals surface area contributed by atoms with Crippen LogP contribution in [0.15, 0.2) is 42.6 Å². The van der Waals surface area contributed by atoms with Crippen LogP contribution in [-0.4, -0.2) is 27.1 Å². The summed E-state index contributed by atoms with van der Waals surface area (Å²) in [5, 5.41) is 22.2. The number of benzene rings is 2. The van der Waals surface area contributed by atoms with Crippen molar-refractivity contribution in [2.24, 2.45) is 0 Å². The Morgan fingerprint density at radius 3 is 2.70 bits per heavy atom. The number of nitrogens with zero attached hydrogens (tertiary/aromatic N) is 1. The lowest BCUT2D eigenvalue weighted by Crippen LogP contribution is -2.29. The third-order valence-corrected chi connectivity index (χ3v) is 3.35. The summed E-state index contributed by atoms with van der Waals surface area (Å²) < 4.78 is 0. The molecule has 116 valence electrons. The Morgan fingerprint density at radius 2 is 1.87 bits per heavy atom. The van der Waals surface area contributed by atoms with Gasteiger partial charge in [0.15, 0.2) is 0 Å². The normalized spacial score (nSPS) is 10.5. The van der Waals surface area contributed by atoms with Crippen LogP contribution in [0.1, 0.15) is 0 Å². The quantitative estimate of drug-likeness (QED) is 0.427. The fraction of sp³-hybridized carbons (Fsp3) is 0. The SMILES string of the molecule is O=C(Nc1ccc2cn[nH]c2c1)C(=O)Nc1cc(Cl)ccc1O. The zero-order valence-electron chi connectivity index (χ0n) is 11.6.